The first kappa shape index (κ1) is 30.4. The number of nitrogens with two attached hydrogens (primary N) is 1. The summed E-state index contributed by atoms with van der Waals surface area (Å²) >= 11 is 6.55. The maximum absolute atomic E-state index is 13.0. The molecular formula is C29H36ClN5O5S. The van der Waals surface area contributed by atoms with Crippen molar-refractivity contribution in [2.45, 2.75) is 44.6 Å². The second-order valence-corrected chi connectivity index (χ2v) is 12.5. The fourth-order valence-corrected chi connectivity index (χ4v) is 6.41. The maximum Gasteiger partial charge on any atom is 0.320 e. The largest absolute Gasteiger partial charge is 0.489 e. The van der Waals surface area contributed by atoms with E-state index in [1.165, 1.54) is 24.7 Å². The number of aliphatic carboxylic acids is 1. The number of piperidine rings is 1. The Morgan fingerprint density at radius 1 is 1.20 bits per heavy atom. The van der Waals surface area contributed by atoms with Gasteiger partial charge in [0.25, 0.3) is 0 Å². The number of nitrogens with one attached hydrogen (secondary N) is 1. The SMILES string of the molecule is N=C(N)c1cccc(C=CCN(c2ccc(OC3CCN(C4=NCCCCC4)CC3)c(Cl)c2)S(=O)(=O)CC(=O)O)c1. The molecule has 0 radical (unpaired) electrons. The van der Waals surface area contributed by atoms with Gasteiger partial charge in [-0.3, -0.25) is 19.5 Å². The first-order chi connectivity index (χ1) is 19.6. The first-order valence-electron chi connectivity index (χ1n) is 13.7. The molecule has 0 saturated carbocycles. The molecule has 1 fully saturated rings. The Balaban J connectivity index is 1.45. The summed E-state index contributed by atoms with van der Waals surface area (Å²) in [5, 5.41) is 17.1. The van der Waals surface area contributed by atoms with Crippen LogP contribution in [0.5, 0.6) is 5.75 Å². The number of nitrogen functional groups attached to an aromatic ring is 1. The van der Waals surface area contributed by atoms with E-state index < -0.39 is 21.7 Å². The Kier molecular flexibility index (Phi) is 10.3. The summed E-state index contributed by atoms with van der Waals surface area (Å²) in [6.07, 6.45) is 9.49. The molecule has 1 saturated heterocycles. The zero-order valence-corrected chi connectivity index (χ0v) is 24.4. The Labute approximate surface area is 246 Å². The van der Waals surface area contributed by atoms with Crippen LogP contribution in [0.1, 0.15) is 49.7 Å². The van der Waals surface area contributed by atoms with Gasteiger partial charge in [-0.25, -0.2) is 8.42 Å². The highest BCUT2D eigenvalue weighted by molar-refractivity contribution is 7.93. The summed E-state index contributed by atoms with van der Waals surface area (Å²) in [5.41, 5.74) is 7.03. The van der Waals surface area contributed by atoms with Crippen LogP contribution < -0.4 is 14.8 Å². The van der Waals surface area contributed by atoms with Crippen molar-refractivity contribution in [1.82, 2.24) is 4.90 Å². The number of aliphatic imine (C=N–C) groups is 1. The van der Waals surface area contributed by atoms with Gasteiger partial charge in [0, 0.05) is 44.5 Å². The minimum Gasteiger partial charge on any atom is -0.489 e. The van der Waals surface area contributed by atoms with Crippen LogP contribution in [-0.2, 0) is 14.8 Å². The molecule has 2 aliphatic rings. The van der Waals surface area contributed by atoms with Gasteiger partial charge in [0.05, 0.1) is 23.1 Å². The number of ether oxygens (including phenoxy) is 1. The highest BCUT2D eigenvalue weighted by Gasteiger charge is 2.27. The van der Waals surface area contributed by atoms with Crippen molar-refractivity contribution in [3.8, 4) is 5.75 Å². The van der Waals surface area contributed by atoms with Crippen molar-refractivity contribution in [1.29, 1.82) is 5.41 Å². The number of halogens is 1. The van der Waals surface area contributed by atoms with E-state index in [2.05, 4.69) is 4.90 Å². The van der Waals surface area contributed by atoms with Gasteiger partial charge in [0.1, 0.15) is 17.7 Å². The molecule has 0 aromatic heterocycles. The molecule has 10 nitrogen and oxygen atoms in total. The van der Waals surface area contributed by atoms with Crippen molar-refractivity contribution in [2.24, 2.45) is 10.7 Å². The standard InChI is InChI=1S/C29H36ClN5O5S/c30-25-19-23(10-11-26(25)40-24-12-16-34(17-13-24)27-9-2-1-3-14-33-27)35(41(38,39)20-28(36)37)15-5-7-21-6-4-8-22(18-21)29(31)32/h4-8,10-11,18-19,24H,1-3,9,12-17,20H2,(H3,31,32)(H,36,37). The van der Waals surface area contributed by atoms with E-state index >= 15 is 0 Å². The number of amidine groups is 2. The van der Waals surface area contributed by atoms with Crippen molar-refractivity contribution in [2.75, 3.05) is 36.2 Å². The van der Waals surface area contributed by atoms with Crippen molar-refractivity contribution in [3.63, 3.8) is 0 Å². The third kappa shape index (κ3) is 8.46. The molecule has 220 valence electrons. The molecule has 4 rings (SSSR count). The number of rotatable bonds is 10. The average Bonchev–Trinajstić information content (AvgIpc) is 3.22. The van der Waals surface area contributed by atoms with Crippen LogP contribution in [0.3, 0.4) is 0 Å². The number of anilines is 1. The predicted molar refractivity (Wildman–Crippen MR) is 163 cm³/mol. The van der Waals surface area contributed by atoms with E-state index in [-0.39, 0.29) is 29.2 Å². The van der Waals surface area contributed by atoms with Gasteiger partial charge >= 0.3 is 5.97 Å². The molecular weight excluding hydrogens is 566 g/mol. The molecule has 0 spiro atoms. The summed E-state index contributed by atoms with van der Waals surface area (Å²) < 4.78 is 33.2. The normalized spacial score (nSPS) is 16.7. The molecule has 4 N–H and O–H groups in total. The van der Waals surface area contributed by atoms with E-state index in [4.69, 9.17) is 32.5 Å². The van der Waals surface area contributed by atoms with Crippen LogP contribution >= 0.6 is 11.6 Å². The smallest absolute Gasteiger partial charge is 0.320 e. The fraction of sp³-hybridized carbons (Fsp3) is 0.414. The number of carboxylic acids is 1. The Morgan fingerprint density at radius 2 is 1.98 bits per heavy atom. The maximum atomic E-state index is 13.0. The van der Waals surface area contributed by atoms with E-state index in [0.717, 1.165) is 49.6 Å². The highest BCUT2D eigenvalue weighted by Crippen LogP contribution is 2.33. The molecule has 2 aromatic carbocycles. The van der Waals surface area contributed by atoms with Crippen LogP contribution in [0.25, 0.3) is 6.08 Å². The van der Waals surface area contributed by atoms with Crippen LogP contribution in [0.15, 0.2) is 53.5 Å². The minimum absolute atomic E-state index is 0.0264. The number of carbonyl (C=O) groups is 1. The van der Waals surface area contributed by atoms with E-state index in [1.807, 2.05) is 0 Å². The van der Waals surface area contributed by atoms with Gasteiger partial charge in [-0.2, -0.15) is 0 Å². The topological polar surface area (TPSA) is 149 Å². The lowest BCUT2D eigenvalue weighted by Crippen LogP contribution is -2.41. The van der Waals surface area contributed by atoms with Gasteiger partial charge in [0.2, 0.25) is 10.0 Å². The van der Waals surface area contributed by atoms with Gasteiger partial charge in [0.15, 0.2) is 5.75 Å². The second-order valence-electron chi connectivity index (χ2n) is 10.2. The molecule has 0 bridgehead atoms. The minimum atomic E-state index is -4.21. The van der Waals surface area contributed by atoms with Crippen LogP contribution in [0.2, 0.25) is 5.02 Å². The number of sulfonamides is 1. The van der Waals surface area contributed by atoms with Crippen LogP contribution in [0.4, 0.5) is 5.69 Å². The molecule has 2 aromatic rings. The summed E-state index contributed by atoms with van der Waals surface area (Å²) in [7, 11) is -4.21. The van der Waals surface area contributed by atoms with E-state index in [1.54, 1.807) is 48.6 Å². The molecule has 2 aliphatic heterocycles. The van der Waals surface area contributed by atoms with Crippen molar-refractivity contribution < 1.29 is 23.1 Å². The number of carboxylic acid groups (broad SMARTS) is 1. The lowest BCUT2D eigenvalue weighted by Gasteiger charge is -2.34. The van der Waals surface area contributed by atoms with E-state index in [0.29, 0.717) is 16.9 Å². The van der Waals surface area contributed by atoms with Gasteiger partial charge in [-0.15, -0.1) is 0 Å². The Bertz CT molecular complexity index is 1420. The lowest BCUT2D eigenvalue weighted by atomic mass is 10.1. The molecule has 41 heavy (non-hydrogen) atoms. The highest BCUT2D eigenvalue weighted by atomic mass is 35.5. The average molecular weight is 602 g/mol. The summed E-state index contributed by atoms with van der Waals surface area (Å²) in [5.74, 6) is -0.956. The fourth-order valence-electron chi connectivity index (χ4n) is 4.98. The van der Waals surface area contributed by atoms with Gasteiger partial charge < -0.3 is 20.5 Å². The first-order valence-corrected chi connectivity index (χ1v) is 15.7. The number of hydrogen-bond donors (Lipinski definition) is 3. The number of nitrogens with zero attached hydrogens (tertiary/aromatic N) is 3. The molecule has 0 unspecified atom stereocenters. The van der Waals surface area contributed by atoms with Crippen molar-refractivity contribution in [3.05, 3.63) is 64.7 Å². The Morgan fingerprint density at radius 3 is 2.68 bits per heavy atom. The van der Waals surface area contributed by atoms with Crippen LogP contribution in [-0.4, -0.2) is 74.1 Å². The van der Waals surface area contributed by atoms with E-state index in [9.17, 15) is 18.3 Å². The molecule has 0 amide bonds. The molecule has 12 heteroatoms. The number of hydrogen-bond acceptors (Lipinski definition) is 7. The monoisotopic (exact) mass is 601 g/mol. The summed E-state index contributed by atoms with van der Waals surface area (Å²) in [6, 6.07) is 11.6. The zero-order chi connectivity index (χ0) is 29.4. The second kappa shape index (κ2) is 13.9. The lowest BCUT2D eigenvalue weighted by molar-refractivity contribution is -0.134. The number of benzene rings is 2. The zero-order valence-electron chi connectivity index (χ0n) is 22.8. The molecule has 0 atom stereocenters. The molecule has 2 heterocycles. The quantitative estimate of drug-likeness (QED) is 0.270. The Hall–Kier alpha value is -3.57. The summed E-state index contributed by atoms with van der Waals surface area (Å²) in [6.45, 7) is 2.50. The third-order valence-electron chi connectivity index (χ3n) is 7.08. The molecule has 0 aliphatic carbocycles. The van der Waals surface area contributed by atoms with Crippen LogP contribution in [0, 0.1) is 5.41 Å². The summed E-state index contributed by atoms with van der Waals surface area (Å²) in [4.78, 5) is 18.4. The third-order valence-corrected chi connectivity index (χ3v) is 9.02. The predicted octanol–water partition coefficient (Wildman–Crippen LogP) is 4.37. The van der Waals surface area contributed by atoms with Gasteiger partial charge in [-0.05, 0) is 42.7 Å². The van der Waals surface area contributed by atoms with Crippen molar-refractivity contribution >= 4 is 51.0 Å². The van der Waals surface area contributed by atoms with Gasteiger partial charge in [-0.1, -0.05) is 48.4 Å². The number of likely N-dealkylation sites (tertiary alicyclic amines) is 1.